The van der Waals surface area contributed by atoms with Gasteiger partial charge in [0, 0.05) is 36.7 Å². The molecule has 44 heavy (non-hydrogen) atoms. The summed E-state index contributed by atoms with van der Waals surface area (Å²) in [4.78, 5) is 70.1. The number of aromatic hydroxyl groups is 1. The summed E-state index contributed by atoms with van der Waals surface area (Å²) in [6, 6.07) is 9.79. The van der Waals surface area contributed by atoms with E-state index in [1.165, 1.54) is 25.1 Å². The predicted molar refractivity (Wildman–Crippen MR) is 155 cm³/mol. The molecule has 11 heteroatoms. The zero-order chi connectivity index (χ0) is 31.7. The fraction of sp³-hybridized carbons (Fsp3) is 0.485. The topological polar surface area (TPSA) is 158 Å². The minimum absolute atomic E-state index is 0.0135. The smallest absolute Gasteiger partial charge is 0.235 e. The minimum Gasteiger partial charge on any atom is -0.507 e. The highest BCUT2D eigenvalue weighted by atomic mass is 19.1. The number of Topliss-reactive ketones (excluding diaryl/α,β-unsaturated/α-hetero) is 4. The molecule has 0 radical (unpaired) electrons. The summed E-state index contributed by atoms with van der Waals surface area (Å²) in [6.45, 7) is 1.53. The van der Waals surface area contributed by atoms with Crippen LogP contribution in [0, 0.1) is 35.4 Å². The summed E-state index contributed by atoms with van der Waals surface area (Å²) in [5.74, 6) is -11.8. The van der Waals surface area contributed by atoms with Crippen molar-refractivity contribution in [3.63, 3.8) is 0 Å². The van der Waals surface area contributed by atoms with E-state index >= 15 is 4.39 Å². The molecule has 0 bridgehead atoms. The Morgan fingerprint density at radius 2 is 1.75 bits per heavy atom. The van der Waals surface area contributed by atoms with Crippen LogP contribution in [0.4, 0.5) is 4.39 Å². The number of halogens is 1. The van der Waals surface area contributed by atoms with Crippen molar-refractivity contribution in [1.82, 2.24) is 9.80 Å². The highest BCUT2D eigenvalue weighted by Crippen LogP contribution is 2.51. The van der Waals surface area contributed by atoms with Crippen LogP contribution in [0.15, 0.2) is 36.4 Å². The lowest BCUT2D eigenvalue weighted by Crippen LogP contribution is -2.74. The summed E-state index contributed by atoms with van der Waals surface area (Å²) in [5, 5.41) is 22.7. The molecule has 0 aliphatic heterocycles. The summed E-state index contributed by atoms with van der Waals surface area (Å²) < 4.78 is 16.3. The monoisotopic (exact) mass is 605 g/mol. The molecule has 0 saturated heterocycles. The van der Waals surface area contributed by atoms with Gasteiger partial charge in [0.25, 0.3) is 0 Å². The Morgan fingerprint density at radius 1 is 1.07 bits per heavy atom. The second kappa shape index (κ2) is 11.0. The zero-order valence-corrected chi connectivity index (χ0v) is 24.7. The van der Waals surface area contributed by atoms with Gasteiger partial charge in [0.15, 0.2) is 34.7 Å². The number of aliphatic hydroxyl groups is 1. The number of carbonyl (C=O) groups is 5. The van der Waals surface area contributed by atoms with Gasteiger partial charge in [-0.15, -0.1) is 0 Å². The number of nitrogens with zero attached hydrogens (tertiary/aromatic N) is 2. The molecule has 0 spiro atoms. The van der Waals surface area contributed by atoms with E-state index in [2.05, 4.69) is 4.90 Å². The third-order valence-electron chi connectivity index (χ3n) is 9.93. The molecule has 3 saturated carbocycles. The van der Waals surface area contributed by atoms with Gasteiger partial charge in [-0.05, 0) is 63.2 Å². The van der Waals surface area contributed by atoms with Crippen molar-refractivity contribution in [1.29, 1.82) is 0 Å². The van der Waals surface area contributed by atoms with Crippen molar-refractivity contribution in [2.75, 3.05) is 20.6 Å². The standard InChI is InChI=1S/C33H36FN3O7/c1-36(2)27-21-11-18-10-20-24(28(39)23(18)30(41)33(21,44)31(42)25(29(27)40)32(35)43)22(38)12-19(26(20)34)15-37(14-17-8-9-17)13-16-6-4-3-5-7-16/h3-7,12,17-18,21,23,25,27,38,44H,8-11,13-15H2,1-2H3,(H2,35,43)/t18-,21-,23?,25?,27-,33-/m0/s1. The highest BCUT2D eigenvalue weighted by Gasteiger charge is 2.69. The van der Waals surface area contributed by atoms with Crippen LogP contribution in [0.25, 0.3) is 0 Å². The third-order valence-corrected chi connectivity index (χ3v) is 9.93. The van der Waals surface area contributed by atoms with Crippen LogP contribution in [-0.2, 0) is 38.7 Å². The number of rotatable bonds is 8. The number of primary amides is 1. The first-order valence-corrected chi connectivity index (χ1v) is 15.0. The SMILES string of the molecule is CN(C)[C@@H]1C(=O)C(C(N)=O)C(=O)[C@@]2(O)C(=O)C3C(=O)c4c(O)cc(CN(Cc5ccccc5)CC5CC5)c(F)c4C[C@H]3C[C@@H]12. The van der Waals surface area contributed by atoms with Gasteiger partial charge in [-0.25, -0.2) is 4.39 Å². The Hall–Kier alpha value is -3.80. The van der Waals surface area contributed by atoms with Crippen molar-refractivity contribution in [3.8, 4) is 5.75 Å². The van der Waals surface area contributed by atoms with Crippen LogP contribution in [-0.4, -0.2) is 81.3 Å². The number of nitrogens with two attached hydrogens (primary N) is 1. The van der Waals surface area contributed by atoms with E-state index in [-0.39, 0.29) is 36.1 Å². The van der Waals surface area contributed by atoms with Crippen LogP contribution < -0.4 is 5.73 Å². The number of phenols is 1. The van der Waals surface area contributed by atoms with Gasteiger partial charge in [0.2, 0.25) is 5.91 Å². The van der Waals surface area contributed by atoms with Gasteiger partial charge in [-0.2, -0.15) is 0 Å². The normalized spacial score (nSPS) is 29.9. The molecular weight excluding hydrogens is 569 g/mol. The molecule has 3 fully saturated rings. The van der Waals surface area contributed by atoms with Crippen LogP contribution in [0.2, 0.25) is 0 Å². The Labute approximate surface area is 254 Å². The largest absolute Gasteiger partial charge is 0.507 e. The van der Waals surface area contributed by atoms with Gasteiger partial charge in [-0.1, -0.05) is 30.3 Å². The van der Waals surface area contributed by atoms with Gasteiger partial charge >= 0.3 is 0 Å². The van der Waals surface area contributed by atoms with E-state index in [9.17, 15) is 34.2 Å². The van der Waals surface area contributed by atoms with Crippen LogP contribution >= 0.6 is 0 Å². The molecule has 4 N–H and O–H groups in total. The molecule has 2 aromatic carbocycles. The highest BCUT2D eigenvalue weighted by molar-refractivity contribution is 6.32. The number of phenolic OH excluding ortho intramolecular Hbond substituents is 1. The fourth-order valence-corrected chi connectivity index (χ4v) is 7.76. The van der Waals surface area contributed by atoms with Crippen LogP contribution in [0.3, 0.4) is 0 Å². The first-order chi connectivity index (χ1) is 20.8. The summed E-state index contributed by atoms with van der Waals surface area (Å²) >= 11 is 0. The summed E-state index contributed by atoms with van der Waals surface area (Å²) in [5.41, 5.74) is 3.47. The number of amides is 1. The number of benzene rings is 2. The predicted octanol–water partition coefficient (Wildman–Crippen LogP) is 1.42. The quantitative estimate of drug-likeness (QED) is 0.379. The molecule has 0 heterocycles. The molecule has 2 aromatic rings. The molecule has 2 unspecified atom stereocenters. The summed E-state index contributed by atoms with van der Waals surface area (Å²) in [6.07, 6.45) is 1.96. The van der Waals surface area contributed by atoms with E-state index in [1.54, 1.807) is 0 Å². The van der Waals surface area contributed by atoms with E-state index in [1.807, 2.05) is 30.3 Å². The van der Waals surface area contributed by atoms with Crippen molar-refractivity contribution in [3.05, 3.63) is 64.5 Å². The maximum atomic E-state index is 16.3. The summed E-state index contributed by atoms with van der Waals surface area (Å²) in [7, 11) is 3.03. The molecule has 4 aliphatic carbocycles. The molecule has 0 aromatic heterocycles. The minimum atomic E-state index is -2.81. The van der Waals surface area contributed by atoms with Crippen molar-refractivity contribution >= 4 is 29.0 Å². The van der Waals surface area contributed by atoms with Crippen LogP contribution in [0.1, 0.15) is 46.3 Å². The Kier molecular flexibility index (Phi) is 7.54. The second-order valence-electron chi connectivity index (χ2n) is 13.1. The van der Waals surface area contributed by atoms with E-state index in [0.29, 0.717) is 12.5 Å². The Morgan fingerprint density at radius 3 is 2.36 bits per heavy atom. The lowest BCUT2D eigenvalue weighted by molar-refractivity contribution is -0.181. The average molecular weight is 606 g/mol. The lowest BCUT2D eigenvalue weighted by atomic mass is 9.52. The number of ketones is 4. The average Bonchev–Trinajstić information content (AvgIpc) is 3.77. The maximum absolute atomic E-state index is 16.3. The van der Waals surface area contributed by atoms with Gasteiger partial charge in [0.05, 0.1) is 17.5 Å². The number of carbonyl (C=O) groups excluding carboxylic acids is 5. The number of likely N-dealkylation sites (N-methyl/N-ethyl adjacent to an activating group) is 1. The second-order valence-corrected chi connectivity index (χ2v) is 13.1. The zero-order valence-electron chi connectivity index (χ0n) is 24.7. The number of hydrogen-bond donors (Lipinski definition) is 3. The van der Waals surface area contributed by atoms with Crippen molar-refractivity contribution < 1.29 is 38.6 Å². The van der Waals surface area contributed by atoms with Gasteiger partial charge in [0.1, 0.15) is 11.6 Å². The third kappa shape index (κ3) is 4.78. The fourth-order valence-electron chi connectivity index (χ4n) is 7.76. The molecule has 6 rings (SSSR count). The van der Waals surface area contributed by atoms with Gasteiger partial charge < -0.3 is 15.9 Å². The molecule has 232 valence electrons. The van der Waals surface area contributed by atoms with E-state index in [0.717, 1.165) is 24.9 Å². The lowest BCUT2D eigenvalue weighted by Gasteiger charge is -2.52. The molecule has 6 atom stereocenters. The van der Waals surface area contributed by atoms with Crippen molar-refractivity contribution in [2.24, 2.45) is 35.3 Å². The van der Waals surface area contributed by atoms with Crippen molar-refractivity contribution in [2.45, 2.75) is 50.4 Å². The number of hydrogen-bond acceptors (Lipinski definition) is 9. The van der Waals surface area contributed by atoms with Gasteiger partial charge in [-0.3, -0.25) is 33.8 Å². The Balaban J connectivity index is 1.36. The molecular formula is C33H36FN3O7. The maximum Gasteiger partial charge on any atom is 0.235 e. The number of fused-ring (bicyclic) bond motifs is 3. The first kappa shape index (κ1) is 30.2. The van der Waals surface area contributed by atoms with E-state index in [4.69, 9.17) is 5.73 Å². The molecule has 10 nitrogen and oxygen atoms in total. The molecule has 4 aliphatic rings. The molecule has 1 amide bonds. The Bertz CT molecular complexity index is 1570. The van der Waals surface area contributed by atoms with E-state index < -0.39 is 75.9 Å². The first-order valence-electron chi connectivity index (χ1n) is 15.0. The van der Waals surface area contributed by atoms with Crippen LogP contribution in [0.5, 0.6) is 5.75 Å².